The van der Waals surface area contributed by atoms with Crippen molar-refractivity contribution in [1.82, 2.24) is 4.98 Å². The van der Waals surface area contributed by atoms with Crippen LogP contribution in [0.3, 0.4) is 0 Å². The Kier molecular flexibility index (Phi) is 3.83. The maximum Gasteiger partial charge on any atom is 0.273 e. The molecule has 9 heteroatoms. The Morgan fingerprint density at radius 2 is 2.09 bits per heavy atom. The van der Waals surface area contributed by atoms with E-state index >= 15 is 0 Å². The van der Waals surface area contributed by atoms with Crippen molar-refractivity contribution < 1.29 is 13.2 Å². The van der Waals surface area contributed by atoms with Crippen LogP contribution in [0.5, 0.6) is 0 Å². The standard InChI is InChI=1S/C14H12ClN3O3S2/c1-18(23(20,21)11-3-2-6-22-11)13-9(15)5-4-8-7-10(14(16)19)17-12(8)13/h2-7,17H,1H3,(H2,16,19). The molecule has 0 saturated carbocycles. The first-order valence-electron chi connectivity index (χ1n) is 6.46. The lowest BCUT2D eigenvalue weighted by Crippen LogP contribution is -2.26. The summed E-state index contributed by atoms with van der Waals surface area (Å²) in [6.07, 6.45) is 0. The average molecular weight is 370 g/mol. The van der Waals surface area contributed by atoms with E-state index in [0.29, 0.717) is 10.9 Å². The molecule has 0 fully saturated rings. The minimum absolute atomic E-state index is 0.186. The first-order chi connectivity index (χ1) is 10.8. The zero-order chi connectivity index (χ0) is 16.8. The van der Waals surface area contributed by atoms with Gasteiger partial charge in [0.15, 0.2) is 0 Å². The van der Waals surface area contributed by atoms with Crippen LogP contribution in [0, 0.1) is 0 Å². The van der Waals surface area contributed by atoms with Crippen LogP contribution in [0.15, 0.2) is 39.9 Å². The van der Waals surface area contributed by atoms with Gasteiger partial charge in [-0.2, -0.15) is 0 Å². The molecule has 0 spiro atoms. The predicted molar refractivity (Wildman–Crippen MR) is 91.7 cm³/mol. The van der Waals surface area contributed by atoms with Gasteiger partial charge in [-0.3, -0.25) is 9.10 Å². The van der Waals surface area contributed by atoms with E-state index < -0.39 is 15.9 Å². The summed E-state index contributed by atoms with van der Waals surface area (Å²) < 4.78 is 26.7. The van der Waals surface area contributed by atoms with Gasteiger partial charge in [0.05, 0.1) is 16.2 Å². The number of aromatic nitrogens is 1. The maximum absolute atomic E-state index is 12.7. The molecule has 3 N–H and O–H groups in total. The Morgan fingerprint density at radius 3 is 2.70 bits per heavy atom. The molecule has 6 nitrogen and oxygen atoms in total. The summed E-state index contributed by atoms with van der Waals surface area (Å²) in [5, 5.41) is 2.58. The lowest BCUT2D eigenvalue weighted by Gasteiger charge is -2.20. The first-order valence-corrected chi connectivity index (χ1v) is 9.15. The van der Waals surface area contributed by atoms with Crippen molar-refractivity contribution in [3.63, 3.8) is 0 Å². The van der Waals surface area contributed by atoms with Crippen molar-refractivity contribution in [2.24, 2.45) is 5.73 Å². The van der Waals surface area contributed by atoms with Gasteiger partial charge in [-0.15, -0.1) is 11.3 Å². The Hall–Kier alpha value is -2.03. The van der Waals surface area contributed by atoms with Gasteiger partial charge in [-0.25, -0.2) is 8.42 Å². The van der Waals surface area contributed by atoms with Gasteiger partial charge >= 0.3 is 0 Å². The van der Waals surface area contributed by atoms with Crippen LogP contribution >= 0.6 is 22.9 Å². The second-order valence-corrected chi connectivity index (χ2v) is 8.36. The maximum atomic E-state index is 12.7. The fourth-order valence-electron chi connectivity index (χ4n) is 2.27. The van der Waals surface area contributed by atoms with Crippen molar-refractivity contribution in [1.29, 1.82) is 0 Å². The third-order valence-electron chi connectivity index (χ3n) is 3.41. The summed E-state index contributed by atoms with van der Waals surface area (Å²) in [5.41, 5.74) is 6.16. The van der Waals surface area contributed by atoms with Crippen LogP contribution in [-0.4, -0.2) is 26.4 Å². The molecule has 0 aliphatic carbocycles. The Balaban J connectivity index is 2.23. The number of hydrogen-bond acceptors (Lipinski definition) is 4. The molecule has 0 aliphatic heterocycles. The number of amides is 1. The summed E-state index contributed by atoms with van der Waals surface area (Å²) in [6.45, 7) is 0. The number of halogens is 1. The van der Waals surface area contributed by atoms with Gasteiger partial charge in [0.1, 0.15) is 9.90 Å². The van der Waals surface area contributed by atoms with E-state index in [2.05, 4.69) is 4.98 Å². The molecule has 0 radical (unpaired) electrons. The van der Waals surface area contributed by atoms with E-state index in [4.69, 9.17) is 17.3 Å². The molecule has 0 bridgehead atoms. The van der Waals surface area contributed by atoms with Gasteiger partial charge in [-0.1, -0.05) is 23.7 Å². The summed E-state index contributed by atoms with van der Waals surface area (Å²) >= 11 is 7.33. The lowest BCUT2D eigenvalue weighted by molar-refractivity contribution is 0.0996. The van der Waals surface area contributed by atoms with Crippen molar-refractivity contribution in [2.45, 2.75) is 4.21 Å². The smallest absolute Gasteiger partial charge is 0.273 e. The highest BCUT2D eigenvalue weighted by Gasteiger charge is 2.26. The van der Waals surface area contributed by atoms with Crippen LogP contribution < -0.4 is 10.0 Å². The lowest BCUT2D eigenvalue weighted by atomic mass is 10.2. The largest absolute Gasteiger partial charge is 0.364 e. The Morgan fingerprint density at radius 1 is 1.35 bits per heavy atom. The Bertz CT molecular complexity index is 994. The number of primary amides is 1. The van der Waals surface area contributed by atoms with Crippen molar-refractivity contribution >= 4 is 55.5 Å². The van der Waals surface area contributed by atoms with Gasteiger partial charge in [0.25, 0.3) is 15.9 Å². The van der Waals surface area contributed by atoms with E-state index in [0.717, 1.165) is 15.6 Å². The first kappa shape index (κ1) is 15.9. The molecule has 0 saturated heterocycles. The highest BCUT2D eigenvalue weighted by molar-refractivity contribution is 7.94. The van der Waals surface area contributed by atoms with Gasteiger partial charge in [0, 0.05) is 12.4 Å². The summed E-state index contributed by atoms with van der Waals surface area (Å²) in [6, 6.07) is 8.01. The molecule has 1 amide bonds. The number of nitrogens with zero attached hydrogens (tertiary/aromatic N) is 1. The number of nitrogens with one attached hydrogen (secondary N) is 1. The highest BCUT2D eigenvalue weighted by atomic mass is 35.5. The minimum Gasteiger partial charge on any atom is -0.364 e. The molecule has 23 heavy (non-hydrogen) atoms. The molecule has 0 atom stereocenters. The second-order valence-electron chi connectivity index (χ2n) is 4.81. The van der Waals surface area contributed by atoms with Crippen LogP contribution in [0.25, 0.3) is 10.9 Å². The normalized spacial score (nSPS) is 11.7. The average Bonchev–Trinajstić information content (AvgIpc) is 3.15. The van der Waals surface area contributed by atoms with Crippen LogP contribution in [0.2, 0.25) is 5.02 Å². The van der Waals surface area contributed by atoms with Gasteiger partial charge in [-0.05, 0) is 23.6 Å². The molecular formula is C14H12ClN3O3S2. The van der Waals surface area contributed by atoms with Crippen LogP contribution in [0.4, 0.5) is 5.69 Å². The van der Waals surface area contributed by atoms with Crippen molar-refractivity contribution in [3.8, 4) is 0 Å². The van der Waals surface area contributed by atoms with Crippen molar-refractivity contribution in [3.05, 3.63) is 46.4 Å². The van der Waals surface area contributed by atoms with E-state index in [9.17, 15) is 13.2 Å². The molecule has 2 aromatic heterocycles. The topological polar surface area (TPSA) is 96.3 Å². The third-order valence-corrected chi connectivity index (χ3v) is 6.85. The minimum atomic E-state index is -3.74. The number of carbonyl (C=O) groups excluding carboxylic acids is 1. The van der Waals surface area contributed by atoms with Crippen molar-refractivity contribution in [2.75, 3.05) is 11.4 Å². The van der Waals surface area contributed by atoms with E-state index in [1.807, 2.05) is 0 Å². The number of carbonyl (C=O) groups is 1. The molecule has 1 aromatic carbocycles. The number of nitrogens with two attached hydrogens (primary N) is 1. The number of fused-ring (bicyclic) bond motifs is 1. The van der Waals surface area contributed by atoms with Gasteiger partial charge < -0.3 is 10.7 Å². The number of benzene rings is 1. The number of aromatic amines is 1. The second kappa shape index (κ2) is 5.55. The zero-order valence-electron chi connectivity index (χ0n) is 11.9. The number of anilines is 1. The van der Waals surface area contributed by atoms with Crippen LogP contribution in [0.1, 0.15) is 10.5 Å². The highest BCUT2D eigenvalue weighted by Crippen LogP contribution is 2.37. The molecule has 2 heterocycles. The van der Waals surface area contributed by atoms with Gasteiger partial charge in [0.2, 0.25) is 0 Å². The van der Waals surface area contributed by atoms with E-state index in [1.54, 1.807) is 29.6 Å². The summed E-state index contributed by atoms with van der Waals surface area (Å²) in [7, 11) is -2.33. The number of hydrogen-bond donors (Lipinski definition) is 2. The molecule has 0 unspecified atom stereocenters. The van der Waals surface area contributed by atoms with E-state index in [-0.39, 0.29) is 20.6 Å². The molecule has 120 valence electrons. The molecule has 3 aromatic rings. The quantitative estimate of drug-likeness (QED) is 0.740. The summed E-state index contributed by atoms with van der Waals surface area (Å²) in [4.78, 5) is 14.2. The SMILES string of the molecule is CN(c1c(Cl)ccc2cc(C(N)=O)[nH]c12)S(=O)(=O)c1cccs1. The van der Waals surface area contributed by atoms with Crippen LogP contribution in [-0.2, 0) is 10.0 Å². The number of H-pyrrole nitrogens is 1. The third kappa shape index (κ3) is 2.58. The monoisotopic (exact) mass is 369 g/mol. The zero-order valence-corrected chi connectivity index (χ0v) is 14.3. The molecule has 0 aliphatic rings. The predicted octanol–water partition coefficient (Wildman–Crippen LogP) is 2.81. The number of sulfonamides is 1. The Labute approximate surface area is 141 Å². The molecule has 3 rings (SSSR count). The van der Waals surface area contributed by atoms with E-state index in [1.165, 1.54) is 13.1 Å². The fraction of sp³-hybridized carbons (Fsp3) is 0.0714. The number of rotatable bonds is 4. The fourth-order valence-corrected chi connectivity index (χ4v) is 4.99. The number of thiophene rings is 1. The summed E-state index contributed by atoms with van der Waals surface area (Å²) in [5.74, 6) is -0.632. The molecular weight excluding hydrogens is 358 g/mol.